The van der Waals surface area contributed by atoms with Crippen LogP contribution in [-0.4, -0.2) is 68.9 Å². The van der Waals surface area contributed by atoms with Crippen LogP contribution < -0.4 is 5.56 Å². The number of pyridine rings is 1. The highest BCUT2D eigenvalue weighted by atomic mass is 19.1. The van der Waals surface area contributed by atoms with Gasteiger partial charge in [0.1, 0.15) is 11.5 Å². The molecule has 168 valence electrons. The molecule has 1 saturated heterocycles. The van der Waals surface area contributed by atoms with Gasteiger partial charge in [0, 0.05) is 35.6 Å². The molecule has 5 rings (SSSR count). The highest BCUT2D eigenvalue weighted by molar-refractivity contribution is 5.94. The molecule has 1 amide bonds. The van der Waals surface area contributed by atoms with E-state index in [4.69, 9.17) is 0 Å². The maximum atomic E-state index is 13.6. The molecule has 0 bridgehead atoms. The molecule has 2 aromatic carbocycles. The van der Waals surface area contributed by atoms with Gasteiger partial charge < -0.3 is 14.8 Å². The molecular weight excluding hydrogens is 423 g/mol. The summed E-state index contributed by atoms with van der Waals surface area (Å²) in [4.78, 5) is 32.1. The van der Waals surface area contributed by atoms with E-state index >= 15 is 0 Å². The summed E-state index contributed by atoms with van der Waals surface area (Å²) >= 11 is 0. The SMILES string of the molecule is CN(C)C1CCN(C(=O)c2ccc(-n3cc(-c4cc5cc(F)ccc5[nH]c4=O)nn3)cc2)C1. The summed E-state index contributed by atoms with van der Waals surface area (Å²) in [5.41, 5.74) is 2.22. The summed E-state index contributed by atoms with van der Waals surface area (Å²) < 4.78 is 15.1. The number of carbonyl (C=O) groups is 1. The second kappa shape index (κ2) is 8.25. The lowest BCUT2D eigenvalue weighted by molar-refractivity contribution is 0.0783. The Morgan fingerprint density at radius 3 is 2.67 bits per heavy atom. The van der Waals surface area contributed by atoms with Crippen molar-refractivity contribution in [3.05, 3.63) is 76.5 Å². The number of likely N-dealkylation sites (N-methyl/N-ethyl adjacent to an activating group) is 1. The van der Waals surface area contributed by atoms with Crippen molar-refractivity contribution in [2.24, 2.45) is 0 Å². The predicted molar refractivity (Wildman–Crippen MR) is 123 cm³/mol. The van der Waals surface area contributed by atoms with Crippen molar-refractivity contribution in [1.82, 2.24) is 29.8 Å². The minimum absolute atomic E-state index is 0.0140. The van der Waals surface area contributed by atoms with Gasteiger partial charge in [-0.1, -0.05) is 5.21 Å². The maximum absolute atomic E-state index is 13.6. The van der Waals surface area contributed by atoms with E-state index in [0.29, 0.717) is 39.5 Å². The monoisotopic (exact) mass is 446 g/mol. The maximum Gasteiger partial charge on any atom is 0.258 e. The van der Waals surface area contributed by atoms with E-state index < -0.39 is 0 Å². The summed E-state index contributed by atoms with van der Waals surface area (Å²) in [7, 11) is 4.06. The Bertz CT molecular complexity index is 1390. The highest BCUT2D eigenvalue weighted by Crippen LogP contribution is 2.21. The van der Waals surface area contributed by atoms with Gasteiger partial charge in [-0.2, -0.15) is 0 Å². The summed E-state index contributed by atoms with van der Waals surface area (Å²) in [6.07, 6.45) is 2.60. The number of likely N-dealkylation sites (tertiary alicyclic amines) is 1. The van der Waals surface area contributed by atoms with Crippen LogP contribution in [0, 0.1) is 5.82 Å². The third kappa shape index (κ3) is 4.03. The molecule has 8 nitrogen and oxygen atoms in total. The van der Waals surface area contributed by atoms with Crippen molar-refractivity contribution < 1.29 is 9.18 Å². The number of halogens is 1. The number of benzene rings is 2. The topological polar surface area (TPSA) is 87.1 Å². The van der Waals surface area contributed by atoms with Gasteiger partial charge in [-0.15, -0.1) is 5.10 Å². The normalized spacial score (nSPS) is 16.1. The number of aromatic nitrogens is 4. The van der Waals surface area contributed by atoms with E-state index in [-0.39, 0.29) is 17.3 Å². The smallest absolute Gasteiger partial charge is 0.258 e. The zero-order valence-corrected chi connectivity index (χ0v) is 18.3. The molecular formula is C24H23FN6O2. The Hall–Kier alpha value is -3.85. The van der Waals surface area contributed by atoms with Gasteiger partial charge in [0.15, 0.2) is 0 Å². The first-order valence-corrected chi connectivity index (χ1v) is 10.7. The van der Waals surface area contributed by atoms with E-state index in [1.807, 2.05) is 19.0 Å². The van der Waals surface area contributed by atoms with Crippen molar-refractivity contribution in [2.45, 2.75) is 12.5 Å². The Morgan fingerprint density at radius 2 is 1.94 bits per heavy atom. The number of fused-ring (bicyclic) bond motifs is 1. The van der Waals surface area contributed by atoms with Gasteiger partial charge in [-0.05, 0) is 69.0 Å². The fourth-order valence-electron chi connectivity index (χ4n) is 4.17. The summed E-state index contributed by atoms with van der Waals surface area (Å²) in [6, 6.07) is 13.3. The van der Waals surface area contributed by atoms with Gasteiger partial charge in [-0.3, -0.25) is 9.59 Å². The number of rotatable bonds is 4. The fourth-order valence-corrected chi connectivity index (χ4v) is 4.17. The Labute approximate surface area is 189 Å². The molecule has 2 aromatic heterocycles. The van der Waals surface area contributed by atoms with E-state index in [9.17, 15) is 14.0 Å². The van der Waals surface area contributed by atoms with Gasteiger partial charge in [0.05, 0.1) is 17.4 Å². The standard InChI is InChI=1S/C24H23FN6O2/c1-29(2)19-9-10-30(13-19)24(33)15-3-6-18(7-4-15)31-14-22(27-28-31)20-12-16-11-17(25)5-8-21(16)26-23(20)32/h3-8,11-12,14,19H,9-10,13H2,1-2H3,(H,26,32). The average molecular weight is 446 g/mol. The molecule has 33 heavy (non-hydrogen) atoms. The van der Waals surface area contributed by atoms with Crippen LogP contribution in [0.1, 0.15) is 16.8 Å². The molecule has 4 aromatic rings. The number of nitrogens with one attached hydrogen (secondary N) is 1. The number of hydrogen-bond acceptors (Lipinski definition) is 5. The number of H-pyrrole nitrogens is 1. The van der Waals surface area contributed by atoms with Gasteiger partial charge >= 0.3 is 0 Å². The highest BCUT2D eigenvalue weighted by Gasteiger charge is 2.28. The molecule has 0 radical (unpaired) electrons. The van der Waals surface area contributed by atoms with Crippen LogP contribution in [0.3, 0.4) is 0 Å². The van der Waals surface area contributed by atoms with Crippen molar-refractivity contribution in [1.29, 1.82) is 0 Å². The van der Waals surface area contributed by atoms with Gasteiger partial charge in [0.2, 0.25) is 0 Å². The molecule has 1 unspecified atom stereocenters. The van der Waals surface area contributed by atoms with Gasteiger partial charge in [-0.25, -0.2) is 9.07 Å². The van der Waals surface area contributed by atoms with E-state index in [0.717, 1.165) is 19.5 Å². The first-order valence-electron chi connectivity index (χ1n) is 10.7. The molecule has 0 aliphatic carbocycles. The Balaban J connectivity index is 1.37. The minimum atomic E-state index is -0.384. The van der Waals surface area contributed by atoms with E-state index in [1.54, 1.807) is 36.5 Å². The molecule has 0 saturated carbocycles. The molecule has 0 spiro atoms. The number of aromatic amines is 1. The fraction of sp³-hybridized carbons (Fsp3) is 0.250. The summed E-state index contributed by atoms with van der Waals surface area (Å²) in [5, 5.41) is 8.81. The summed E-state index contributed by atoms with van der Waals surface area (Å²) in [6.45, 7) is 1.48. The number of hydrogen-bond donors (Lipinski definition) is 1. The van der Waals surface area contributed by atoms with Crippen LogP contribution in [0.5, 0.6) is 0 Å². The predicted octanol–water partition coefficient (Wildman–Crippen LogP) is 2.69. The van der Waals surface area contributed by atoms with Crippen molar-refractivity contribution in [3.8, 4) is 16.9 Å². The summed E-state index contributed by atoms with van der Waals surface area (Å²) in [5.74, 6) is -0.370. The van der Waals surface area contributed by atoms with Crippen molar-refractivity contribution in [3.63, 3.8) is 0 Å². The minimum Gasteiger partial charge on any atom is -0.337 e. The number of amides is 1. The molecule has 1 N–H and O–H groups in total. The van der Waals surface area contributed by atoms with Crippen molar-refractivity contribution in [2.75, 3.05) is 27.2 Å². The zero-order chi connectivity index (χ0) is 23.1. The van der Waals surface area contributed by atoms with Crippen LogP contribution >= 0.6 is 0 Å². The van der Waals surface area contributed by atoms with Crippen LogP contribution in [0.2, 0.25) is 0 Å². The molecule has 1 aliphatic rings. The molecule has 1 atom stereocenters. The second-order valence-electron chi connectivity index (χ2n) is 8.50. The molecule has 9 heteroatoms. The quantitative estimate of drug-likeness (QED) is 0.521. The molecule has 1 aliphatic heterocycles. The van der Waals surface area contributed by atoms with Gasteiger partial charge in [0.25, 0.3) is 11.5 Å². The van der Waals surface area contributed by atoms with E-state index in [2.05, 4.69) is 20.2 Å². The van der Waals surface area contributed by atoms with E-state index in [1.165, 1.54) is 22.9 Å². The second-order valence-corrected chi connectivity index (χ2v) is 8.50. The largest absolute Gasteiger partial charge is 0.337 e. The average Bonchev–Trinajstić information content (AvgIpc) is 3.49. The van der Waals surface area contributed by atoms with Crippen LogP contribution in [-0.2, 0) is 0 Å². The number of nitrogens with zero attached hydrogens (tertiary/aromatic N) is 5. The third-order valence-electron chi connectivity index (χ3n) is 6.14. The third-order valence-corrected chi connectivity index (χ3v) is 6.14. The Kier molecular flexibility index (Phi) is 5.26. The zero-order valence-electron chi connectivity index (χ0n) is 18.3. The lowest BCUT2D eigenvalue weighted by Gasteiger charge is -2.20. The van der Waals surface area contributed by atoms with Crippen LogP contribution in [0.15, 0.2) is 59.5 Å². The van der Waals surface area contributed by atoms with Crippen molar-refractivity contribution >= 4 is 16.8 Å². The first kappa shape index (κ1) is 21.0. The van der Waals surface area contributed by atoms with Crippen LogP contribution in [0.4, 0.5) is 4.39 Å². The van der Waals surface area contributed by atoms with Crippen LogP contribution in [0.25, 0.3) is 27.8 Å². The lowest BCUT2D eigenvalue weighted by atomic mass is 10.1. The first-order chi connectivity index (χ1) is 15.9. The lowest BCUT2D eigenvalue weighted by Crippen LogP contribution is -2.34. The molecule has 1 fully saturated rings. The Morgan fingerprint density at radius 1 is 1.15 bits per heavy atom. The molecule has 3 heterocycles. The number of carbonyl (C=O) groups excluding carboxylic acids is 1.